The minimum Gasteiger partial charge on any atom is -0.352 e. The Morgan fingerprint density at radius 2 is 1.96 bits per heavy atom. The van der Waals surface area contributed by atoms with Gasteiger partial charge < -0.3 is 10.3 Å². The molecular formula is C20H20N4O2. The van der Waals surface area contributed by atoms with Gasteiger partial charge in [-0.2, -0.15) is 0 Å². The lowest BCUT2D eigenvalue weighted by atomic mass is 10.1. The van der Waals surface area contributed by atoms with E-state index in [9.17, 15) is 9.59 Å². The number of hydrogen-bond donors (Lipinski definition) is 2. The minimum atomic E-state index is -0.198. The van der Waals surface area contributed by atoms with E-state index in [4.69, 9.17) is 0 Å². The predicted octanol–water partition coefficient (Wildman–Crippen LogP) is 2.39. The number of carbonyl (C=O) groups is 1. The Hall–Kier alpha value is -3.28. The molecule has 6 nitrogen and oxygen atoms in total. The van der Waals surface area contributed by atoms with Crippen LogP contribution >= 0.6 is 0 Å². The normalized spacial score (nSPS) is 10.5. The van der Waals surface area contributed by atoms with Gasteiger partial charge in [-0.25, -0.2) is 4.98 Å². The van der Waals surface area contributed by atoms with Crippen LogP contribution in [0.3, 0.4) is 0 Å². The largest absolute Gasteiger partial charge is 0.352 e. The van der Waals surface area contributed by atoms with Gasteiger partial charge in [-0.15, -0.1) is 0 Å². The SMILES string of the molecule is Cc1nc(-c2ccccc2)[nH]c(=O)c1CCC(=O)NCc1cccnc1. The smallest absolute Gasteiger partial charge is 0.254 e. The first kappa shape index (κ1) is 17.5. The van der Waals surface area contributed by atoms with Gasteiger partial charge in [0.15, 0.2) is 0 Å². The van der Waals surface area contributed by atoms with E-state index in [-0.39, 0.29) is 17.9 Å². The van der Waals surface area contributed by atoms with Crippen LogP contribution in [0.4, 0.5) is 0 Å². The summed E-state index contributed by atoms with van der Waals surface area (Å²) in [4.78, 5) is 35.7. The maximum Gasteiger partial charge on any atom is 0.254 e. The Morgan fingerprint density at radius 3 is 2.65 bits per heavy atom. The van der Waals surface area contributed by atoms with Crippen LogP contribution in [0.15, 0.2) is 59.7 Å². The fourth-order valence-corrected chi connectivity index (χ4v) is 2.67. The van der Waals surface area contributed by atoms with Crippen LogP contribution < -0.4 is 10.9 Å². The second kappa shape index (κ2) is 8.20. The van der Waals surface area contributed by atoms with Gasteiger partial charge in [0.2, 0.25) is 5.91 Å². The molecular weight excluding hydrogens is 328 g/mol. The quantitative estimate of drug-likeness (QED) is 0.716. The Balaban J connectivity index is 1.63. The predicted molar refractivity (Wildman–Crippen MR) is 99.4 cm³/mol. The Kier molecular flexibility index (Phi) is 5.53. The average Bonchev–Trinajstić information content (AvgIpc) is 2.67. The molecule has 2 N–H and O–H groups in total. The maximum atomic E-state index is 12.4. The fraction of sp³-hybridized carbons (Fsp3) is 0.200. The molecule has 0 atom stereocenters. The number of pyridine rings is 1. The molecule has 0 unspecified atom stereocenters. The van der Waals surface area contributed by atoms with Gasteiger partial charge in [0.1, 0.15) is 5.82 Å². The Labute approximate surface area is 151 Å². The van der Waals surface area contributed by atoms with Gasteiger partial charge in [0.05, 0.1) is 0 Å². The van der Waals surface area contributed by atoms with Crippen molar-refractivity contribution < 1.29 is 4.79 Å². The van der Waals surface area contributed by atoms with E-state index in [1.165, 1.54) is 0 Å². The third-order valence-corrected chi connectivity index (χ3v) is 4.08. The summed E-state index contributed by atoms with van der Waals surface area (Å²) in [5.41, 5.74) is 2.78. The molecule has 0 saturated carbocycles. The number of benzene rings is 1. The van der Waals surface area contributed by atoms with E-state index in [1.54, 1.807) is 19.3 Å². The molecule has 3 aromatic rings. The average molecular weight is 348 g/mol. The van der Waals surface area contributed by atoms with Gasteiger partial charge in [0, 0.05) is 42.2 Å². The van der Waals surface area contributed by atoms with E-state index in [0.29, 0.717) is 30.0 Å². The zero-order chi connectivity index (χ0) is 18.4. The standard InChI is InChI=1S/C20H20N4O2/c1-14-17(9-10-18(25)22-13-15-6-5-11-21-12-15)20(26)24-19(23-14)16-7-3-2-4-8-16/h2-8,11-12H,9-10,13H2,1H3,(H,22,25)(H,23,24,26). The van der Waals surface area contributed by atoms with Crippen molar-refractivity contribution in [1.29, 1.82) is 0 Å². The molecule has 0 aliphatic rings. The number of H-pyrrole nitrogens is 1. The number of carbonyl (C=O) groups excluding carboxylic acids is 1. The topological polar surface area (TPSA) is 87.7 Å². The summed E-state index contributed by atoms with van der Waals surface area (Å²) >= 11 is 0. The van der Waals surface area contributed by atoms with Crippen molar-refractivity contribution >= 4 is 5.91 Å². The number of nitrogens with zero attached hydrogens (tertiary/aromatic N) is 2. The van der Waals surface area contributed by atoms with Crippen LogP contribution in [0.25, 0.3) is 11.4 Å². The number of rotatable bonds is 6. The lowest BCUT2D eigenvalue weighted by Crippen LogP contribution is -2.25. The highest BCUT2D eigenvalue weighted by molar-refractivity contribution is 5.76. The van der Waals surface area contributed by atoms with Gasteiger partial charge in [-0.3, -0.25) is 14.6 Å². The fourth-order valence-electron chi connectivity index (χ4n) is 2.67. The molecule has 6 heteroatoms. The highest BCUT2D eigenvalue weighted by Crippen LogP contribution is 2.14. The first-order valence-electron chi connectivity index (χ1n) is 8.44. The molecule has 0 saturated heterocycles. The van der Waals surface area contributed by atoms with Crippen molar-refractivity contribution in [3.63, 3.8) is 0 Å². The zero-order valence-electron chi connectivity index (χ0n) is 14.5. The van der Waals surface area contributed by atoms with E-state index in [1.807, 2.05) is 42.5 Å². The van der Waals surface area contributed by atoms with E-state index >= 15 is 0 Å². The summed E-state index contributed by atoms with van der Waals surface area (Å²) in [6, 6.07) is 13.2. The van der Waals surface area contributed by atoms with E-state index < -0.39 is 0 Å². The number of aromatic amines is 1. The minimum absolute atomic E-state index is 0.111. The van der Waals surface area contributed by atoms with Crippen molar-refractivity contribution in [2.75, 3.05) is 0 Å². The number of hydrogen-bond acceptors (Lipinski definition) is 4. The van der Waals surface area contributed by atoms with Gasteiger partial charge in [-0.1, -0.05) is 36.4 Å². The molecule has 0 aliphatic carbocycles. The lowest BCUT2D eigenvalue weighted by Gasteiger charge is -2.08. The van der Waals surface area contributed by atoms with Crippen molar-refractivity contribution in [2.45, 2.75) is 26.3 Å². The summed E-state index contributed by atoms with van der Waals surface area (Å²) in [5, 5.41) is 2.83. The van der Waals surface area contributed by atoms with Gasteiger partial charge in [0.25, 0.3) is 5.56 Å². The molecule has 2 heterocycles. The van der Waals surface area contributed by atoms with Gasteiger partial charge in [-0.05, 0) is 25.0 Å². The molecule has 0 aliphatic heterocycles. The lowest BCUT2D eigenvalue weighted by molar-refractivity contribution is -0.121. The summed E-state index contributed by atoms with van der Waals surface area (Å²) in [6.07, 6.45) is 3.98. The molecule has 1 aromatic carbocycles. The first-order valence-corrected chi connectivity index (χ1v) is 8.44. The van der Waals surface area contributed by atoms with Crippen LogP contribution in [0.2, 0.25) is 0 Å². The van der Waals surface area contributed by atoms with Crippen molar-refractivity contribution in [1.82, 2.24) is 20.3 Å². The third-order valence-electron chi connectivity index (χ3n) is 4.08. The Morgan fingerprint density at radius 1 is 1.15 bits per heavy atom. The summed E-state index contributed by atoms with van der Waals surface area (Å²) in [7, 11) is 0. The second-order valence-corrected chi connectivity index (χ2v) is 5.98. The van der Waals surface area contributed by atoms with Crippen molar-refractivity contribution in [3.8, 4) is 11.4 Å². The molecule has 132 valence electrons. The van der Waals surface area contributed by atoms with Crippen LogP contribution in [0.1, 0.15) is 23.2 Å². The summed E-state index contributed by atoms with van der Waals surface area (Å²) in [5.74, 6) is 0.428. The van der Waals surface area contributed by atoms with Gasteiger partial charge >= 0.3 is 0 Å². The maximum absolute atomic E-state index is 12.4. The molecule has 0 spiro atoms. The molecule has 0 radical (unpaired) electrons. The van der Waals surface area contributed by atoms with Crippen molar-refractivity contribution in [3.05, 3.63) is 82.0 Å². The number of aromatic nitrogens is 3. The monoisotopic (exact) mass is 348 g/mol. The number of nitrogens with one attached hydrogen (secondary N) is 2. The highest BCUT2D eigenvalue weighted by Gasteiger charge is 2.11. The highest BCUT2D eigenvalue weighted by atomic mass is 16.1. The second-order valence-electron chi connectivity index (χ2n) is 5.98. The first-order chi connectivity index (χ1) is 12.6. The molecule has 0 fully saturated rings. The summed E-state index contributed by atoms with van der Waals surface area (Å²) < 4.78 is 0. The summed E-state index contributed by atoms with van der Waals surface area (Å²) in [6.45, 7) is 2.22. The number of amides is 1. The number of aryl methyl sites for hydroxylation is 1. The van der Waals surface area contributed by atoms with Crippen LogP contribution in [-0.2, 0) is 17.8 Å². The molecule has 26 heavy (non-hydrogen) atoms. The molecule has 1 amide bonds. The molecule has 3 rings (SSSR count). The van der Waals surface area contributed by atoms with Crippen LogP contribution in [-0.4, -0.2) is 20.9 Å². The Bertz CT molecular complexity index is 937. The van der Waals surface area contributed by atoms with Crippen molar-refractivity contribution in [2.24, 2.45) is 0 Å². The van der Waals surface area contributed by atoms with E-state index in [2.05, 4.69) is 20.3 Å². The van der Waals surface area contributed by atoms with Crippen LogP contribution in [0, 0.1) is 6.92 Å². The van der Waals surface area contributed by atoms with Crippen LogP contribution in [0.5, 0.6) is 0 Å². The van der Waals surface area contributed by atoms with E-state index in [0.717, 1.165) is 11.1 Å². The third kappa shape index (κ3) is 4.42. The molecule has 2 aromatic heterocycles. The molecule has 0 bridgehead atoms. The zero-order valence-corrected chi connectivity index (χ0v) is 14.5.